The van der Waals surface area contributed by atoms with Gasteiger partial charge in [-0.15, -0.1) is 0 Å². The number of para-hydroxylation sites is 2. The summed E-state index contributed by atoms with van der Waals surface area (Å²) in [5, 5.41) is 3.07. The summed E-state index contributed by atoms with van der Waals surface area (Å²) in [7, 11) is 0. The molecule has 1 fully saturated rings. The van der Waals surface area contributed by atoms with Crippen molar-refractivity contribution in [3.63, 3.8) is 0 Å². The van der Waals surface area contributed by atoms with Crippen LogP contribution >= 0.6 is 0 Å². The van der Waals surface area contributed by atoms with Crippen molar-refractivity contribution >= 4 is 11.6 Å². The fourth-order valence-electron chi connectivity index (χ4n) is 2.99. The van der Waals surface area contributed by atoms with Crippen LogP contribution in [0.4, 0.5) is 5.69 Å². The van der Waals surface area contributed by atoms with Gasteiger partial charge in [0.2, 0.25) is 5.91 Å². The van der Waals surface area contributed by atoms with E-state index in [1.54, 1.807) is 0 Å². The van der Waals surface area contributed by atoms with Gasteiger partial charge in [0, 0.05) is 31.7 Å². The highest BCUT2D eigenvalue weighted by molar-refractivity contribution is 5.82. The normalized spacial score (nSPS) is 17.5. The lowest BCUT2D eigenvalue weighted by Crippen LogP contribution is -2.56. The number of carbonyl (C=O) groups excluding carboxylic acids is 1. The molecule has 0 bridgehead atoms. The number of benzene rings is 1. The van der Waals surface area contributed by atoms with Crippen molar-refractivity contribution in [1.29, 1.82) is 0 Å². The van der Waals surface area contributed by atoms with Crippen LogP contribution in [-0.4, -0.2) is 55.2 Å². The molecule has 1 aliphatic heterocycles. The van der Waals surface area contributed by atoms with Crippen molar-refractivity contribution in [3.05, 3.63) is 24.3 Å². The van der Waals surface area contributed by atoms with E-state index < -0.39 is 0 Å². The van der Waals surface area contributed by atoms with Crippen LogP contribution in [0.1, 0.15) is 34.6 Å². The topological polar surface area (TPSA) is 44.8 Å². The monoisotopic (exact) mass is 333 g/mol. The number of nitrogens with zero attached hydrogens (tertiary/aromatic N) is 2. The second kappa shape index (κ2) is 7.88. The van der Waals surface area contributed by atoms with Gasteiger partial charge in [-0.05, 0) is 46.8 Å². The van der Waals surface area contributed by atoms with E-state index in [0.29, 0.717) is 6.61 Å². The molecule has 0 aliphatic carbocycles. The summed E-state index contributed by atoms with van der Waals surface area (Å²) in [6, 6.07) is 8.07. The Balaban J connectivity index is 1.95. The van der Waals surface area contributed by atoms with Gasteiger partial charge < -0.3 is 15.0 Å². The molecule has 1 heterocycles. The molecule has 1 aromatic rings. The number of amides is 1. The number of hydrogen-bond acceptors (Lipinski definition) is 4. The predicted molar refractivity (Wildman–Crippen MR) is 98.8 cm³/mol. The Kier molecular flexibility index (Phi) is 6.10. The van der Waals surface area contributed by atoms with E-state index in [1.807, 2.05) is 52.8 Å². The molecule has 1 N–H and O–H groups in total. The lowest BCUT2D eigenvalue weighted by atomic mass is 10.1. The second-order valence-electron chi connectivity index (χ2n) is 7.34. The molecule has 5 nitrogen and oxygen atoms in total. The van der Waals surface area contributed by atoms with Gasteiger partial charge in [-0.2, -0.15) is 0 Å². The molecule has 24 heavy (non-hydrogen) atoms. The zero-order valence-electron chi connectivity index (χ0n) is 15.6. The van der Waals surface area contributed by atoms with E-state index in [1.165, 1.54) is 0 Å². The Morgan fingerprint density at radius 3 is 2.42 bits per heavy atom. The number of nitrogens with one attached hydrogen (secondary N) is 1. The van der Waals surface area contributed by atoms with E-state index in [0.717, 1.165) is 37.6 Å². The summed E-state index contributed by atoms with van der Waals surface area (Å²) < 4.78 is 5.74. The molecule has 1 aromatic carbocycles. The van der Waals surface area contributed by atoms with Crippen molar-refractivity contribution in [2.45, 2.75) is 46.2 Å². The number of piperazine rings is 1. The molecule has 0 spiro atoms. The van der Waals surface area contributed by atoms with Gasteiger partial charge in [0.15, 0.2) is 0 Å². The van der Waals surface area contributed by atoms with E-state index in [4.69, 9.17) is 4.74 Å². The molecule has 0 saturated carbocycles. The summed E-state index contributed by atoms with van der Waals surface area (Å²) in [5.74, 6) is 1.04. The van der Waals surface area contributed by atoms with Crippen LogP contribution in [0, 0.1) is 0 Å². The van der Waals surface area contributed by atoms with Crippen molar-refractivity contribution in [2.24, 2.45) is 0 Å². The molecule has 1 aliphatic rings. The summed E-state index contributed by atoms with van der Waals surface area (Å²) in [4.78, 5) is 17.0. The van der Waals surface area contributed by atoms with E-state index in [9.17, 15) is 4.79 Å². The molecular weight excluding hydrogens is 302 g/mol. The van der Waals surface area contributed by atoms with Crippen LogP contribution < -0.4 is 15.0 Å². The molecule has 0 aromatic heterocycles. The minimum Gasteiger partial charge on any atom is -0.492 e. The largest absolute Gasteiger partial charge is 0.492 e. The lowest BCUT2D eigenvalue weighted by molar-refractivity contribution is -0.127. The van der Waals surface area contributed by atoms with E-state index in [2.05, 4.69) is 21.2 Å². The van der Waals surface area contributed by atoms with Crippen molar-refractivity contribution in [1.82, 2.24) is 10.2 Å². The lowest BCUT2D eigenvalue weighted by Gasteiger charge is -2.39. The maximum absolute atomic E-state index is 12.4. The molecular formula is C19H31N3O2. The molecule has 1 saturated heterocycles. The fraction of sp³-hybridized carbons (Fsp3) is 0.632. The Morgan fingerprint density at radius 1 is 1.21 bits per heavy atom. The molecule has 2 rings (SSSR count). The average Bonchev–Trinajstić information content (AvgIpc) is 2.54. The van der Waals surface area contributed by atoms with Gasteiger partial charge in [-0.3, -0.25) is 9.69 Å². The molecule has 5 heteroatoms. The predicted octanol–water partition coefficient (Wildman–Crippen LogP) is 2.51. The number of ether oxygens (including phenoxy) is 1. The van der Waals surface area contributed by atoms with Gasteiger partial charge >= 0.3 is 0 Å². The average molecular weight is 333 g/mol. The Hall–Kier alpha value is -1.75. The Labute approximate surface area is 146 Å². The van der Waals surface area contributed by atoms with Crippen molar-refractivity contribution < 1.29 is 9.53 Å². The third kappa shape index (κ3) is 4.87. The maximum atomic E-state index is 12.4. The standard InChI is InChI=1S/C19H31N3O2/c1-6-24-17-10-8-7-9-16(17)22-13-11-21(12-14-22)15(2)18(23)20-19(3,4)5/h7-10,15H,6,11-14H2,1-5H3,(H,20,23). The third-order valence-corrected chi connectivity index (χ3v) is 4.25. The van der Waals surface area contributed by atoms with Crippen molar-refractivity contribution in [2.75, 3.05) is 37.7 Å². The van der Waals surface area contributed by atoms with Gasteiger partial charge in [0.1, 0.15) is 5.75 Å². The molecule has 1 atom stereocenters. The smallest absolute Gasteiger partial charge is 0.237 e. The minimum absolute atomic E-state index is 0.102. The van der Waals surface area contributed by atoms with Gasteiger partial charge in [-0.25, -0.2) is 0 Å². The van der Waals surface area contributed by atoms with Gasteiger partial charge in [0.05, 0.1) is 18.3 Å². The Morgan fingerprint density at radius 2 is 1.83 bits per heavy atom. The SMILES string of the molecule is CCOc1ccccc1N1CCN(C(C)C(=O)NC(C)(C)C)CC1. The molecule has 0 radical (unpaired) electrons. The Bertz CT molecular complexity index is 546. The van der Waals surface area contributed by atoms with Crippen LogP contribution in [0.3, 0.4) is 0 Å². The zero-order valence-corrected chi connectivity index (χ0v) is 15.6. The molecule has 1 unspecified atom stereocenters. The highest BCUT2D eigenvalue weighted by Gasteiger charge is 2.28. The number of rotatable bonds is 5. The summed E-state index contributed by atoms with van der Waals surface area (Å²) in [6.07, 6.45) is 0. The second-order valence-corrected chi connectivity index (χ2v) is 7.34. The fourth-order valence-corrected chi connectivity index (χ4v) is 2.99. The molecule has 134 valence electrons. The van der Waals surface area contributed by atoms with Crippen LogP contribution in [0.2, 0.25) is 0 Å². The first-order valence-corrected chi connectivity index (χ1v) is 8.84. The molecule has 1 amide bonds. The highest BCUT2D eigenvalue weighted by atomic mass is 16.5. The van der Waals surface area contributed by atoms with Crippen LogP contribution in [-0.2, 0) is 4.79 Å². The number of hydrogen-bond donors (Lipinski definition) is 1. The number of anilines is 1. The highest BCUT2D eigenvalue weighted by Crippen LogP contribution is 2.29. The maximum Gasteiger partial charge on any atom is 0.237 e. The van der Waals surface area contributed by atoms with Crippen LogP contribution in [0.5, 0.6) is 5.75 Å². The minimum atomic E-state index is -0.191. The van der Waals surface area contributed by atoms with Gasteiger partial charge in [-0.1, -0.05) is 12.1 Å². The van der Waals surface area contributed by atoms with Crippen LogP contribution in [0.25, 0.3) is 0 Å². The van der Waals surface area contributed by atoms with Crippen LogP contribution in [0.15, 0.2) is 24.3 Å². The van der Waals surface area contributed by atoms with E-state index >= 15 is 0 Å². The first-order valence-electron chi connectivity index (χ1n) is 8.84. The third-order valence-electron chi connectivity index (χ3n) is 4.25. The van der Waals surface area contributed by atoms with E-state index in [-0.39, 0.29) is 17.5 Å². The van der Waals surface area contributed by atoms with Crippen molar-refractivity contribution in [3.8, 4) is 5.75 Å². The zero-order chi connectivity index (χ0) is 17.7. The quantitative estimate of drug-likeness (QED) is 0.899. The van der Waals surface area contributed by atoms with Gasteiger partial charge in [0.25, 0.3) is 0 Å². The number of carbonyl (C=O) groups is 1. The first-order chi connectivity index (χ1) is 11.3. The summed E-state index contributed by atoms with van der Waals surface area (Å²) >= 11 is 0. The summed E-state index contributed by atoms with van der Waals surface area (Å²) in [5.41, 5.74) is 0.953. The first kappa shape index (κ1) is 18.6. The summed E-state index contributed by atoms with van der Waals surface area (Å²) in [6.45, 7) is 14.3.